The first kappa shape index (κ1) is 11.4. The molecular formula is C11H15N3O. The van der Waals surface area contributed by atoms with E-state index >= 15 is 0 Å². The Morgan fingerprint density at radius 1 is 1.40 bits per heavy atom. The van der Waals surface area contributed by atoms with Gasteiger partial charge in [-0.2, -0.15) is 0 Å². The number of hydrogen-bond acceptors (Lipinski definition) is 2. The fourth-order valence-electron chi connectivity index (χ4n) is 1.22. The lowest BCUT2D eigenvalue weighted by atomic mass is 10.1. The van der Waals surface area contributed by atoms with E-state index in [-0.39, 0.29) is 0 Å². The van der Waals surface area contributed by atoms with E-state index in [0.717, 1.165) is 17.7 Å². The number of benzene rings is 1. The normalized spacial score (nSPS) is 9.47. The Morgan fingerprint density at radius 3 is 2.93 bits per heavy atom. The van der Waals surface area contributed by atoms with Crippen molar-refractivity contribution in [1.29, 1.82) is 0 Å². The van der Waals surface area contributed by atoms with Crippen LogP contribution in [0.15, 0.2) is 23.3 Å². The van der Waals surface area contributed by atoms with E-state index in [1.54, 1.807) is 0 Å². The van der Waals surface area contributed by atoms with Gasteiger partial charge < -0.3 is 4.74 Å². The van der Waals surface area contributed by atoms with Crippen LogP contribution in [0.25, 0.3) is 10.4 Å². The van der Waals surface area contributed by atoms with Crippen LogP contribution < -0.4 is 4.74 Å². The van der Waals surface area contributed by atoms with E-state index < -0.39 is 0 Å². The van der Waals surface area contributed by atoms with E-state index in [4.69, 9.17) is 10.3 Å². The first-order chi connectivity index (χ1) is 7.24. The van der Waals surface area contributed by atoms with E-state index in [1.165, 1.54) is 5.56 Å². The maximum absolute atomic E-state index is 8.08. The van der Waals surface area contributed by atoms with Gasteiger partial charge in [0.1, 0.15) is 5.75 Å². The maximum atomic E-state index is 8.08. The zero-order chi connectivity index (χ0) is 11.1. The van der Waals surface area contributed by atoms with Gasteiger partial charge in [0.2, 0.25) is 0 Å². The average molecular weight is 205 g/mol. The molecule has 0 atom stereocenters. The van der Waals surface area contributed by atoms with Gasteiger partial charge in [0.25, 0.3) is 0 Å². The Labute approximate surface area is 89.5 Å². The predicted octanol–water partition coefficient (Wildman–Crippen LogP) is 3.38. The van der Waals surface area contributed by atoms with Crippen molar-refractivity contribution in [3.05, 3.63) is 39.8 Å². The van der Waals surface area contributed by atoms with Gasteiger partial charge in [-0.15, -0.1) is 0 Å². The molecule has 1 rings (SSSR count). The minimum atomic E-state index is 0.487. The molecule has 80 valence electrons. The molecule has 0 aliphatic rings. The standard InChI is InChI=1S/C11H15N3O/c1-9-4-5-10(2)11(8-9)15-7-3-6-13-14-12/h4-5,8H,3,6-7H2,1-2H3. The molecule has 0 N–H and O–H groups in total. The molecule has 4 heteroatoms. The fourth-order valence-corrected chi connectivity index (χ4v) is 1.22. The molecule has 0 fully saturated rings. The third-order valence-electron chi connectivity index (χ3n) is 2.07. The highest BCUT2D eigenvalue weighted by Crippen LogP contribution is 2.18. The van der Waals surface area contributed by atoms with E-state index in [1.807, 2.05) is 26.0 Å². The zero-order valence-corrected chi connectivity index (χ0v) is 9.10. The van der Waals surface area contributed by atoms with Gasteiger partial charge in [-0.25, -0.2) is 0 Å². The molecule has 0 amide bonds. The molecule has 0 aromatic heterocycles. The topological polar surface area (TPSA) is 58.0 Å². The highest BCUT2D eigenvalue weighted by Gasteiger charge is 1.98. The van der Waals surface area contributed by atoms with E-state index in [0.29, 0.717) is 13.2 Å². The quantitative estimate of drug-likeness (QED) is 0.314. The van der Waals surface area contributed by atoms with Gasteiger partial charge in [-0.3, -0.25) is 0 Å². The van der Waals surface area contributed by atoms with Crippen LogP contribution in [-0.4, -0.2) is 13.2 Å². The Kier molecular flexibility index (Phi) is 4.51. The molecule has 0 heterocycles. The molecule has 0 spiro atoms. The monoisotopic (exact) mass is 205 g/mol. The summed E-state index contributed by atoms with van der Waals surface area (Å²) in [4.78, 5) is 2.68. The smallest absolute Gasteiger partial charge is 0.122 e. The summed E-state index contributed by atoms with van der Waals surface area (Å²) in [7, 11) is 0. The Balaban J connectivity index is 2.43. The van der Waals surface area contributed by atoms with Gasteiger partial charge in [0.15, 0.2) is 0 Å². The van der Waals surface area contributed by atoms with Crippen LogP contribution in [0.5, 0.6) is 5.75 Å². The fraction of sp³-hybridized carbons (Fsp3) is 0.455. The van der Waals surface area contributed by atoms with Crippen molar-refractivity contribution in [2.24, 2.45) is 5.11 Å². The van der Waals surface area contributed by atoms with Gasteiger partial charge in [0, 0.05) is 11.5 Å². The zero-order valence-electron chi connectivity index (χ0n) is 9.10. The summed E-state index contributed by atoms with van der Waals surface area (Å²) >= 11 is 0. The minimum absolute atomic E-state index is 0.487. The van der Waals surface area contributed by atoms with Crippen molar-refractivity contribution in [2.75, 3.05) is 13.2 Å². The third kappa shape index (κ3) is 3.92. The molecule has 0 bridgehead atoms. The molecular weight excluding hydrogens is 190 g/mol. The van der Waals surface area contributed by atoms with Crippen molar-refractivity contribution in [2.45, 2.75) is 20.3 Å². The lowest BCUT2D eigenvalue weighted by Crippen LogP contribution is -2.00. The molecule has 0 aliphatic carbocycles. The number of aryl methyl sites for hydroxylation is 2. The molecule has 15 heavy (non-hydrogen) atoms. The number of azide groups is 1. The summed E-state index contributed by atoms with van der Waals surface area (Å²) in [5.41, 5.74) is 10.4. The molecule has 0 radical (unpaired) electrons. The number of ether oxygens (including phenoxy) is 1. The van der Waals surface area contributed by atoms with Crippen LogP contribution >= 0.6 is 0 Å². The second-order valence-electron chi connectivity index (χ2n) is 3.43. The summed E-state index contributed by atoms with van der Waals surface area (Å²) in [6.07, 6.45) is 0.747. The Morgan fingerprint density at radius 2 is 2.20 bits per heavy atom. The van der Waals surface area contributed by atoms with Gasteiger partial charge in [-0.05, 0) is 43.0 Å². The van der Waals surface area contributed by atoms with E-state index in [9.17, 15) is 0 Å². The second kappa shape index (κ2) is 5.94. The largest absolute Gasteiger partial charge is 0.493 e. The summed E-state index contributed by atoms with van der Waals surface area (Å²) in [5.74, 6) is 0.913. The van der Waals surface area contributed by atoms with Crippen molar-refractivity contribution >= 4 is 0 Å². The molecule has 1 aromatic rings. The van der Waals surface area contributed by atoms with Crippen LogP contribution in [0.3, 0.4) is 0 Å². The van der Waals surface area contributed by atoms with Gasteiger partial charge in [-0.1, -0.05) is 17.2 Å². The summed E-state index contributed by atoms with van der Waals surface area (Å²) in [6, 6.07) is 6.11. The lowest BCUT2D eigenvalue weighted by molar-refractivity contribution is 0.311. The lowest BCUT2D eigenvalue weighted by Gasteiger charge is -2.08. The molecule has 0 saturated carbocycles. The minimum Gasteiger partial charge on any atom is -0.493 e. The highest BCUT2D eigenvalue weighted by molar-refractivity contribution is 5.35. The molecule has 4 nitrogen and oxygen atoms in total. The van der Waals surface area contributed by atoms with E-state index in [2.05, 4.69) is 16.1 Å². The van der Waals surface area contributed by atoms with Crippen molar-refractivity contribution in [3.8, 4) is 5.75 Å². The maximum Gasteiger partial charge on any atom is 0.122 e. The highest BCUT2D eigenvalue weighted by atomic mass is 16.5. The SMILES string of the molecule is Cc1ccc(C)c(OCCCN=[N+]=[N-])c1. The molecule has 0 saturated heterocycles. The number of hydrogen-bond donors (Lipinski definition) is 0. The first-order valence-corrected chi connectivity index (χ1v) is 4.95. The Bertz CT molecular complexity index is 370. The van der Waals surface area contributed by atoms with Crippen molar-refractivity contribution in [1.82, 2.24) is 0 Å². The van der Waals surface area contributed by atoms with Crippen LogP contribution in [0.2, 0.25) is 0 Å². The third-order valence-corrected chi connectivity index (χ3v) is 2.07. The predicted molar refractivity (Wildman–Crippen MR) is 60.0 cm³/mol. The van der Waals surface area contributed by atoms with Crippen LogP contribution in [0.4, 0.5) is 0 Å². The Hall–Kier alpha value is -1.67. The van der Waals surface area contributed by atoms with Crippen molar-refractivity contribution < 1.29 is 4.74 Å². The van der Waals surface area contributed by atoms with Crippen LogP contribution in [0, 0.1) is 13.8 Å². The second-order valence-corrected chi connectivity index (χ2v) is 3.43. The molecule has 1 aromatic carbocycles. The number of nitrogens with zero attached hydrogens (tertiary/aromatic N) is 3. The molecule has 0 aliphatic heterocycles. The summed E-state index contributed by atoms with van der Waals surface area (Å²) < 4.78 is 5.58. The summed E-state index contributed by atoms with van der Waals surface area (Å²) in [5, 5.41) is 3.44. The van der Waals surface area contributed by atoms with Gasteiger partial charge >= 0.3 is 0 Å². The summed E-state index contributed by atoms with van der Waals surface area (Å²) in [6.45, 7) is 5.12. The average Bonchev–Trinajstić information content (AvgIpc) is 2.23. The number of rotatable bonds is 5. The molecule has 0 unspecified atom stereocenters. The van der Waals surface area contributed by atoms with Crippen LogP contribution in [0.1, 0.15) is 17.5 Å². The van der Waals surface area contributed by atoms with Crippen LogP contribution in [-0.2, 0) is 0 Å². The van der Waals surface area contributed by atoms with Crippen molar-refractivity contribution in [3.63, 3.8) is 0 Å². The first-order valence-electron chi connectivity index (χ1n) is 4.95. The van der Waals surface area contributed by atoms with Gasteiger partial charge in [0.05, 0.1) is 6.61 Å².